The number of pyridine rings is 2. The fourth-order valence-corrected chi connectivity index (χ4v) is 7.72. The van der Waals surface area contributed by atoms with E-state index in [-0.39, 0.29) is 22.5 Å². The molecule has 3 heterocycles. The van der Waals surface area contributed by atoms with Gasteiger partial charge in [0.1, 0.15) is 11.3 Å². The van der Waals surface area contributed by atoms with Gasteiger partial charge in [-0.2, -0.15) is 0 Å². The highest BCUT2D eigenvalue weighted by molar-refractivity contribution is 5.97. The second-order valence-electron chi connectivity index (χ2n) is 17.4. The van der Waals surface area contributed by atoms with Gasteiger partial charge in [-0.1, -0.05) is 152 Å². The molecule has 0 unspecified atom stereocenters. The van der Waals surface area contributed by atoms with Crippen LogP contribution in [0.25, 0.3) is 72.9 Å². The van der Waals surface area contributed by atoms with Crippen molar-refractivity contribution in [1.29, 1.82) is 0 Å². The standard InChI is InChI=1S/C52H50N4O/c1-33(2)36-28-37(30-38(29-36)45-24-15-16-26-53-45)40-25-27-54-50-46(40)55-49(43-31-39(51(3,4)5)32-44(48(43)57)52(6,7)8)56(50)47-41(34-18-11-9-12-19-34)22-17-23-42(47)35-20-13-10-14-21-35/h9-33,57H,1-8H3. The molecule has 8 rings (SSSR count). The van der Waals surface area contributed by atoms with Crippen LogP contribution in [-0.4, -0.2) is 24.6 Å². The fraction of sp³-hybridized carbons (Fsp3) is 0.212. The molecule has 8 aromatic rings. The molecule has 5 heteroatoms. The molecule has 0 aliphatic heterocycles. The third-order valence-electron chi connectivity index (χ3n) is 10.9. The summed E-state index contributed by atoms with van der Waals surface area (Å²) in [5.41, 5.74) is 13.9. The fourth-order valence-electron chi connectivity index (χ4n) is 7.72. The SMILES string of the molecule is CC(C)c1cc(-c2ccccn2)cc(-c2ccnc3c2nc(-c2cc(C(C)(C)C)cc(C(C)(C)C)c2O)n3-c2c(-c3ccccc3)cccc2-c2ccccc2)c1. The lowest BCUT2D eigenvalue weighted by Gasteiger charge is -2.28. The number of benzene rings is 5. The Bertz CT molecular complexity index is 2660. The molecular weight excluding hydrogens is 697 g/mol. The third kappa shape index (κ3) is 7.15. The number of phenolic OH excluding ortho intramolecular Hbond substituents is 1. The van der Waals surface area contributed by atoms with E-state index in [1.54, 1.807) is 0 Å². The molecule has 284 valence electrons. The summed E-state index contributed by atoms with van der Waals surface area (Å²) in [7, 11) is 0. The normalized spacial score (nSPS) is 12.1. The molecule has 0 fully saturated rings. The van der Waals surface area contributed by atoms with E-state index >= 15 is 0 Å². The van der Waals surface area contributed by atoms with Crippen LogP contribution < -0.4 is 0 Å². The van der Waals surface area contributed by atoms with Gasteiger partial charge in [-0.15, -0.1) is 0 Å². The van der Waals surface area contributed by atoms with Gasteiger partial charge in [0.25, 0.3) is 0 Å². The molecule has 0 bridgehead atoms. The van der Waals surface area contributed by atoms with Crippen molar-refractivity contribution in [3.63, 3.8) is 0 Å². The molecule has 0 saturated heterocycles. The molecule has 1 N–H and O–H groups in total. The Morgan fingerprint density at radius 3 is 1.75 bits per heavy atom. The first kappa shape index (κ1) is 37.6. The Morgan fingerprint density at radius 1 is 0.544 bits per heavy atom. The average Bonchev–Trinajstić information content (AvgIpc) is 3.59. The molecule has 0 spiro atoms. The van der Waals surface area contributed by atoms with Gasteiger partial charge < -0.3 is 5.11 Å². The maximum absolute atomic E-state index is 12.5. The predicted molar refractivity (Wildman–Crippen MR) is 237 cm³/mol. The van der Waals surface area contributed by atoms with Crippen LogP contribution in [0.5, 0.6) is 5.75 Å². The highest BCUT2D eigenvalue weighted by Gasteiger charge is 2.30. The largest absolute Gasteiger partial charge is 0.507 e. The molecule has 5 nitrogen and oxygen atoms in total. The molecule has 0 amide bonds. The number of phenols is 1. The zero-order valence-corrected chi connectivity index (χ0v) is 34.2. The summed E-state index contributed by atoms with van der Waals surface area (Å²) >= 11 is 0. The lowest BCUT2D eigenvalue weighted by molar-refractivity contribution is 0.446. The van der Waals surface area contributed by atoms with Gasteiger partial charge >= 0.3 is 0 Å². The molecule has 0 radical (unpaired) electrons. The minimum atomic E-state index is -0.337. The summed E-state index contributed by atoms with van der Waals surface area (Å²) in [5.74, 6) is 1.15. The van der Waals surface area contributed by atoms with Crippen LogP contribution in [0.3, 0.4) is 0 Å². The first-order chi connectivity index (χ1) is 27.3. The lowest BCUT2D eigenvalue weighted by Crippen LogP contribution is -2.17. The average molecular weight is 747 g/mol. The van der Waals surface area contributed by atoms with Crippen LogP contribution in [0.1, 0.15) is 78.0 Å². The number of aromatic nitrogens is 4. The van der Waals surface area contributed by atoms with Crippen molar-refractivity contribution < 1.29 is 5.11 Å². The zero-order valence-electron chi connectivity index (χ0n) is 34.2. The summed E-state index contributed by atoms with van der Waals surface area (Å²) in [6.45, 7) is 17.6. The molecule has 0 atom stereocenters. The van der Waals surface area contributed by atoms with Crippen LogP contribution in [0.4, 0.5) is 0 Å². The van der Waals surface area contributed by atoms with Crippen molar-refractivity contribution in [2.45, 2.75) is 72.1 Å². The van der Waals surface area contributed by atoms with E-state index in [1.807, 2.05) is 36.7 Å². The van der Waals surface area contributed by atoms with Crippen molar-refractivity contribution in [2.75, 3.05) is 0 Å². The minimum Gasteiger partial charge on any atom is -0.507 e. The number of fused-ring (bicyclic) bond motifs is 1. The summed E-state index contributed by atoms with van der Waals surface area (Å²) in [6.07, 6.45) is 3.73. The van der Waals surface area contributed by atoms with Crippen LogP contribution in [0, 0.1) is 0 Å². The number of hydrogen-bond donors (Lipinski definition) is 1. The number of rotatable bonds is 7. The van der Waals surface area contributed by atoms with E-state index in [0.29, 0.717) is 17.0 Å². The zero-order chi connectivity index (χ0) is 40.1. The maximum atomic E-state index is 12.5. The monoisotopic (exact) mass is 746 g/mol. The number of hydrogen-bond acceptors (Lipinski definition) is 4. The van der Waals surface area contributed by atoms with Crippen molar-refractivity contribution in [1.82, 2.24) is 19.5 Å². The molecular formula is C52H50N4O. The van der Waals surface area contributed by atoms with Gasteiger partial charge in [0.05, 0.1) is 16.9 Å². The Kier molecular flexibility index (Phi) is 9.65. The number of imidazole rings is 1. The van der Waals surface area contributed by atoms with E-state index in [0.717, 1.165) is 67.0 Å². The molecule has 0 saturated carbocycles. The van der Waals surface area contributed by atoms with Gasteiger partial charge in [-0.25, -0.2) is 9.97 Å². The van der Waals surface area contributed by atoms with E-state index in [2.05, 4.69) is 169 Å². The smallest absolute Gasteiger partial charge is 0.165 e. The first-order valence-corrected chi connectivity index (χ1v) is 19.9. The summed E-state index contributed by atoms with van der Waals surface area (Å²) < 4.78 is 2.20. The van der Waals surface area contributed by atoms with Gasteiger partial charge in [0.2, 0.25) is 0 Å². The van der Waals surface area contributed by atoms with E-state index in [4.69, 9.17) is 15.0 Å². The Labute approximate surface area is 336 Å². The van der Waals surface area contributed by atoms with Crippen LogP contribution in [-0.2, 0) is 10.8 Å². The van der Waals surface area contributed by atoms with Crippen LogP contribution >= 0.6 is 0 Å². The third-order valence-corrected chi connectivity index (χ3v) is 10.9. The maximum Gasteiger partial charge on any atom is 0.165 e. The van der Waals surface area contributed by atoms with Gasteiger partial charge in [0.15, 0.2) is 11.5 Å². The van der Waals surface area contributed by atoms with Gasteiger partial charge in [-0.3, -0.25) is 9.55 Å². The Balaban J connectivity index is 1.54. The van der Waals surface area contributed by atoms with Crippen LogP contribution in [0.2, 0.25) is 0 Å². The number of nitrogens with zero attached hydrogens (tertiary/aromatic N) is 4. The number of aromatic hydroxyl groups is 1. The second-order valence-corrected chi connectivity index (χ2v) is 17.4. The Hall–Kier alpha value is -6.33. The molecule has 3 aromatic heterocycles. The summed E-state index contributed by atoms with van der Waals surface area (Å²) in [6, 6.07) is 46.6. The highest BCUT2D eigenvalue weighted by Crippen LogP contribution is 2.46. The Morgan fingerprint density at radius 2 is 1.18 bits per heavy atom. The minimum absolute atomic E-state index is 0.195. The van der Waals surface area contributed by atoms with E-state index in [9.17, 15) is 5.11 Å². The molecule has 0 aliphatic carbocycles. The molecule has 57 heavy (non-hydrogen) atoms. The topological polar surface area (TPSA) is 63.8 Å². The molecule has 0 aliphatic rings. The van der Waals surface area contributed by atoms with Gasteiger partial charge in [-0.05, 0) is 81.0 Å². The van der Waals surface area contributed by atoms with Crippen molar-refractivity contribution in [2.24, 2.45) is 0 Å². The van der Waals surface area contributed by atoms with E-state index in [1.165, 1.54) is 5.56 Å². The lowest BCUT2D eigenvalue weighted by atomic mass is 9.79. The van der Waals surface area contributed by atoms with Crippen molar-refractivity contribution in [3.8, 4) is 67.5 Å². The predicted octanol–water partition coefficient (Wildman–Crippen LogP) is 13.6. The van der Waals surface area contributed by atoms with Crippen LogP contribution in [0.15, 0.2) is 146 Å². The van der Waals surface area contributed by atoms with Crippen molar-refractivity contribution >= 4 is 11.2 Å². The van der Waals surface area contributed by atoms with Crippen molar-refractivity contribution in [3.05, 3.63) is 163 Å². The summed E-state index contributed by atoms with van der Waals surface area (Å²) in [5, 5.41) is 12.5. The second kappa shape index (κ2) is 14.6. The molecule has 5 aromatic carbocycles. The first-order valence-electron chi connectivity index (χ1n) is 19.9. The summed E-state index contributed by atoms with van der Waals surface area (Å²) in [4.78, 5) is 15.5. The van der Waals surface area contributed by atoms with E-state index < -0.39 is 0 Å². The highest BCUT2D eigenvalue weighted by atomic mass is 16.3. The van der Waals surface area contributed by atoms with Gasteiger partial charge in [0, 0.05) is 40.2 Å². The number of para-hydroxylation sites is 1. The quantitative estimate of drug-likeness (QED) is 0.176.